The number of H-pyrrole nitrogens is 1. The molecule has 0 aliphatic rings. The van der Waals surface area contributed by atoms with Crippen molar-refractivity contribution in [2.75, 3.05) is 18.8 Å². The zero-order valence-corrected chi connectivity index (χ0v) is 8.33. The smallest absolute Gasteiger partial charge is 0.271 e. The highest BCUT2D eigenvalue weighted by atomic mass is 16.2. The lowest BCUT2D eigenvalue weighted by atomic mass is 10.3. The molecule has 7 nitrogen and oxygen atoms in total. The van der Waals surface area contributed by atoms with Crippen molar-refractivity contribution >= 4 is 17.5 Å². The van der Waals surface area contributed by atoms with E-state index in [9.17, 15) is 9.59 Å². The van der Waals surface area contributed by atoms with Gasteiger partial charge in [0.2, 0.25) is 5.91 Å². The standard InChI is InChI=1S/C8H13N5O2/c1-2-10-6(14)4-11-8(15)7-5(9)3-12-13-7/h3H,2,4,9H2,1H3,(H,10,14)(H,11,15)(H,12,13). The average molecular weight is 211 g/mol. The molecule has 0 saturated carbocycles. The Morgan fingerprint density at radius 2 is 2.27 bits per heavy atom. The molecule has 0 bridgehead atoms. The molecule has 0 fully saturated rings. The Labute approximate surface area is 86.4 Å². The second kappa shape index (κ2) is 4.99. The van der Waals surface area contributed by atoms with Crippen molar-refractivity contribution in [3.05, 3.63) is 11.9 Å². The first-order valence-corrected chi connectivity index (χ1v) is 4.49. The fraction of sp³-hybridized carbons (Fsp3) is 0.375. The van der Waals surface area contributed by atoms with E-state index in [0.717, 1.165) is 0 Å². The van der Waals surface area contributed by atoms with Gasteiger partial charge in [-0.3, -0.25) is 14.7 Å². The van der Waals surface area contributed by atoms with Crippen molar-refractivity contribution in [2.24, 2.45) is 0 Å². The molecule has 7 heteroatoms. The van der Waals surface area contributed by atoms with E-state index in [0.29, 0.717) is 6.54 Å². The fourth-order valence-corrected chi connectivity index (χ4v) is 0.986. The van der Waals surface area contributed by atoms with Crippen LogP contribution in [0.2, 0.25) is 0 Å². The van der Waals surface area contributed by atoms with Gasteiger partial charge in [-0.25, -0.2) is 0 Å². The van der Waals surface area contributed by atoms with Crippen molar-refractivity contribution in [1.82, 2.24) is 20.8 Å². The predicted octanol–water partition coefficient (Wildman–Crippen LogP) is -1.14. The average Bonchev–Trinajstić information content (AvgIpc) is 2.61. The summed E-state index contributed by atoms with van der Waals surface area (Å²) in [6, 6.07) is 0. The molecule has 0 spiro atoms. The van der Waals surface area contributed by atoms with Crippen LogP contribution in [0.4, 0.5) is 5.69 Å². The number of amides is 2. The van der Waals surface area contributed by atoms with Crippen LogP contribution in [0.1, 0.15) is 17.4 Å². The van der Waals surface area contributed by atoms with E-state index >= 15 is 0 Å². The van der Waals surface area contributed by atoms with E-state index in [1.54, 1.807) is 6.92 Å². The van der Waals surface area contributed by atoms with Crippen LogP contribution in [-0.4, -0.2) is 35.1 Å². The lowest BCUT2D eigenvalue weighted by molar-refractivity contribution is -0.120. The van der Waals surface area contributed by atoms with Crippen molar-refractivity contribution in [3.8, 4) is 0 Å². The maximum atomic E-state index is 11.4. The van der Waals surface area contributed by atoms with Gasteiger partial charge in [-0.05, 0) is 6.92 Å². The second-order valence-corrected chi connectivity index (χ2v) is 2.84. The lowest BCUT2D eigenvalue weighted by Gasteiger charge is -2.03. The summed E-state index contributed by atoms with van der Waals surface area (Å²) in [6.45, 7) is 2.25. The number of nitrogens with two attached hydrogens (primary N) is 1. The zero-order chi connectivity index (χ0) is 11.3. The summed E-state index contributed by atoms with van der Waals surface area (Å²) in [5.74, 6) is -0.694. The highest BCUT2D eigenvalue weighted by Crippen LogP contribution is 2.04. The van der Waals surface area contributed by atoms with Crippen LogP contribution in [0.5, 0.6) is 0 Å². The highest BCUT2D eigenvalue weighted by Gasteiger charge is 2.12. The minimum atomic E-state index is -0.448. The summed E-state index contributed by atoms with van der Waals surface area (Å²) in [5, 5.41) is 11.0. The Hall–Kier alpha value is -2.05. The summed E-state index contributed by atoms with van der Waals surface area (Å²) >= 11 is 0. The van der Waals surface area contributed by atoms with Crippen LogP contribution in [0.3, 0.4) is 0 Å². The summed E-state index contributed by atoms with van der Waals surface area (Å²) in [7, 11) is 0. The molecule has 0 unspecified atom stereocenters. The van der Waals surface area contributed by atoms with Crippen LogP contribution < -0.4 is 16.4 Å². The van der Waals surface area contributed by atoms with Gasteiger partial charge in [0, 0.05) is 6.54 Å². The highest BCUT2D eigenvalue weighted by molar-refractivity contribution is 5.98. The quantitative estimate of drug-likeness (QED) is 0.504. The number of hydrogen-bond acceptors (Lipinski definition) is 4. The van der Waals surface area contributed by atoms with E-state index in [2.05, 4.69) is 20.8 Å². The molecule has 0 atom stereocenters. The van der Waals surface area contributed by atoms with Gasteiger partial charge < -0.3 is 16.4 Å². The van der Waals surface area contributed by atoms with Crippen LogP contribution in [0.15, 0.2) is 6.20 Å². The van der Waals surface area contributed by atoms with E-state index < -0.39 is 5.91 Å². The van der Waals surface area contributed by atoms with Gasteiger partial charge in [-0.1, -0.05) is 0 Å². The number of rotatable bonds is 4. The number of hydrogen-bond donors (Lipinski definition) is 4. The van der Waals surface area contributed by atoms with Gasteiger partial charge in [0.05, 0.1) is 18.4 Å². The van der Waals surface area contributed by atoms with Gasteiger partial charge >= 0.3 is 0 Å². The lowest BCUT2D eigenvalue weighted by Crippen LogP contribution is -2.37. The third-order valence-electron chi connectivity index (χ3n) is 1.68. The molecule has 0 radical (unpaired) electrons. The van der Waals surface area contributed by atoms with Crippen molar-refractivity contribution in [2.45, 2.75) is 6.92 Å². The first kappa shape index (κ1) is 11.0. The van der Waals surface area contributed by atoms with Crippen LogP contribution >= 0.6 is 0 Å². The molecule has 2 amide bonds. The fourth-order valence-electron chi connectivity index (χ4n) is 0.986. The number of carbonyl (C=O) groups excluding carboxylic acids is 2. The summed E-state index contributed by atoms with van der Waals surface area (Å²) in [6.07, 6.45) is 1.33. The molecule has 1 heterocycles. The number of nitrogen functional groups attached to an aromatic ring is 1. The van der Waals surface area contributed by atoms with Crippen molar-refractivity contribution < 1.29 is 9.59 Å². The normalized spacial score (nSPS) is 9.67. The number of nitrogens with zero attached hydrogens (tertiary/aromatic N) is 1. The van der Waals surface area contributed by atoms with Gasteiger partial charge in [0.15, 0.2) is 0 Å². The Kier molecular flexibility index (Phi) is 3.67. The zero-order valence-electron chi connectivity index (χ0n) is 8.33. The first-order valence-electron chi connectivity index (χ1n) is 4.49. The first-order chi connectivity index (χ1) is 7.15. The second-order valence-electron chi connectivity index (χ2n) is 2.84. The van der Waals surface area contributed by atoms with E-state index in [4.69, 9.17) is 5.73 Å². The van der Waals surface area contributed by atoms with Crippen molar-refractivity contribution in [1.29, 1.82) is 0 Å². The number of nitrogens with one attached hydrogen (secondary N) is 3. The van der Waals surface area contributed by atoms with Gasteiger partial charge in [-0.2, -0.15) is 5.10 Å². The molecule has 0 aromatic carbocycles. The molecule has 15 heavy (non-hydrogen) atoms. The minimum absolute atomic E-state index is 0.0782. The minimum Gasteiger partial charge on any atom is -0.396 e. The predicted molar refractivity (Wildman–Crippen MR) is 54.0 cm³/mol. The van der Waals surface area contributed by atoms with Gasteiger partial charge in [0.1, 0.15) is 5.69 Å². The molecule has 0 aliphatic heterocycles. The molecule has 0 saturated heterocycles. The number of likely N-dealkylation sites (N-methyl/N-ethyl adjacent to an activating group) is 1. The Morgan fingerprint density at radius 3 is 2.80 bits per heavy atom. The summed E-state index contributed by atoms with van der Waals surface area (Å²) in [4.78, 5) is 22.4. The van der Waals surface area contributed by atoms with E-state index in [1.165, 1.54) is 6.20 Å². The number of aromatic nitrogens is 2. The maximum Gasteiger partial charge on any atom is 0.271 e. The Morgan fingerprint density at radius 1 is 1.53 bits per heavy atom. The Balaban J connectivity index is 2.44. The summed E-state index contributed by atoms with van der Waals surface area (Å²) in [5.41, 5.74) is 5.87. The van der Waals surface area contributed by atoms with Crippen molar-refractivity contribution in [3.63, 3.8) is 0 Å². The Bertz CT molecular complexity index is 360. The maximum absolute atomic E-state index is 11.4. The molecular weight excluding hydrogens is 198 g/mol. The topological polar surface area (TPSA) is 113 Å². The SMILES string of the molecule is CCNC(=O)CNC(=O)c1[nH]ncc1N. The van der Waals surface area contributed by atoms with Gasteiger partial charge in [-0.15, -0.1) is 0 Å². The molecule has 1 aromatic rings. The number of carbonyl (C=O) groups is 2. The van der Waals surface area contributed by atoms with E-state index in [-0.39, 0.29) is 23.8 Å². The molecule has 5 N–H and O–H groups in total. The largest absolute Gasteiger partial charge is 0.396 e. The van der Waals surface area contributed by atoms with Crippen LogP contribution in [0, 0.1) is 0 Å². The molecule has 1 aromatic heterocycles. The monoisotopic (exact) mass is 211 g/mol. The van der Waals surface area contributed by atoms with Gasteiger partial charge in [0.25, 0.3) is 5.91 Å². The number of anilines is 1. The van der Waals surface area contributed by atoms with Crippen LogP contribution in [0.25, 0.3) is 0 Å². The molecule has 82 valence electrons. The number of aromatic amines is 1. The third-order valence-corrected chi connectivity index (χ3v) is 1.68. The molecular formula is C8H13N5O2. The van der Waals surface area contributed by atoms with Crippen LogP contribution in [-0.2, 0) is 4.79 Å². The molecule has 1 rings (SSSR count). The third kappa shape index (κ3) is 2.97. The van der Waals surface area contributed by atoms with E-state index in [1.807, 2.05) is 0 Å². The molecule has 0 aliphatic carbocycles. The summed E-state index contributed by atoms with van der Waals surface area (Å²) < 4.78 is 0.